The van der Waals surface area contributed by atoms with Crippen molar-refractivity contribution >= 4 is 18.0 Å². The Morgan fingerprint density at radius 1 is 1.03 bits per heavy atom. The fourth-order valence-electron chi connectivity index (χ4n) is 5.39. The molecule has 1 aliphatic heterocycles. The number of likely N-dealkylation sites (tertiary alicyclic amines) is 1. The second-order valence-electron chi connectivity index (χ2n) is 10.1. The van der Waals surface area contributed by atoms with Gasteiger partial charge in [0.25, 0.3) is 0 Å². The summed E-state index contributed by atoms with van der Waals surface area (Å²) in [6.45, 7) is 7.29. The topological polar surface area (TPSA) is 95.9 Å². The fraction of sp³-hybridized carbons (Fsp3) is 0.464. The van der Waals surface area contributed by atoms with E-state index >= 15 is 0 Å². The van der Waals surface area contributed by atoms with E-state index in [1.807, 2.05) is 45.0 Å². The van der Waals surface area contributed by atoms with E-state index in [2.05, 4.69) is 29.6 Å². The number of fused-ring (bicyclic) bond motifs is 3. The number of nitrogens with one attached hydrogen (secondary N) is 1. The van der Waals surface area contributed by atoms with E-state index in [1.54, 1.807) is 4.90 Å². The fourth-order valence-corrected chi connectivity index (χ4v) is 5.39. The van der Waals surface area contributed by atoms with E-state index in [0.717, 1.165) is 11.1 Å². The summed E-state index contributed by atoms with van der Waals surface area (Å²) in [4.78, 5) is 38.7. The van der Waals surface area contributed by atoms with Crippen molar-refractivity contribution in [2.75, 3.05) is 26.2 Å². The van der Waals surface area contributed by atoms with Crippen LogP contribution in [-0.4, -0.2) is 54.2 Å². The molecule has 7 nitrogen and oxygen atoms in total. The SMILES string of the molecule is CC(C)C(CNC(=O)OCC1c2ccccc2-c2ccccc21)C(=O)N1CC(C)C(CC(=O)O)C1. The molecule has 3 unspecified atom stereocenters. The molecule has 7 heteroatoms. The Morgan fingerprint density at radius 2 is 1.63 bits per heavy atom. The van der Waals surface area contributed by atoms with Gasteiger partial charge in [0, 0.05) is 25.6 Å². The summed E-state index contributed by atoms with van der Waals surface area (Å²) in [5, 5.41) is 11.9. The van der Waals surface area contributed by atoms with E-state index < -0.39 is 18.0 Å². The number of nitrogens with zero attached hydrogens (tertiary/aromatic N) is 1. The Hall–Kier alpha value is -3.35. The lowest BCUT2D eigenvalue weighted by Gasteiger charge is -2.26. The number of hydrogen-bond acceptors (Lipinski definition) is 4. The molecule has 1 saturated heterocycles. The Labute approximate surface area is 206 Å². The Kier molecular flexibility index (Phi) is 7.43. The number of amides is 2. The van der Waals surface area contributed by atoms with Gasteiger partial charge in [-0.25, -0.2) is 4.79 Å². The number of ether oxygens (including phenoxy) is 1. The van der Waals surface area contributed by atoms with E-state index in [1.165, 1.54) is 11.1 Å². The molecular formula is C28H34N2O5. The smallest absolute Gasteiger partial charge is 0.407 e. The van der Waals surface area contributed by atoms with Crippen molar-refractivity contribution in [1.82, 2.24) is 10.2 Å². The zero-order valence-corrected chi connectivity index (χ0v) is 20.6. The average Bonchev–Trinajstić information content (AvgIpc) is 3.34. The van der Waals surface area contributed by atoms with Gasteiger partial charge in [-0.2, -0.15) is 0 Å². The van der Waals surface area contributed by atoms with Crippen LogP contribution < -0.4 is 5.32 Å². The van der Waals surface area contributed by atoms with Crippen molar-refractivity contribution in [3.05, 3.63) is 59.7 Å². The van der Waals surface area contributed by atoms with Crippen LogP contribution in [0.4, 0.5) is 4.79 Å². The van der Waals surface area contributed by atoms with Gasteiger partial charge in [0.2, 0.25) is 5.91 Å². The van der Waals surface area contributed by atoms with Crippen LogP contribution in [0, 0.1) is 23.7 Å². The quantitative estimate of drug-likeness (QED) is 0.588. The third-order valence-electron chi connectivity index (χ3n) is 7.45. The van der Waals surface area contributed by atoms with Crippen LogP contribution >= 0.6 is 0 Å². The van der Waals surface area contributed by atoms with Gasteiger partial charge in [-0.3, -0.25) is 9.59 Å². The first kappa shape index (κ1) is 24.8. The zero-order chi connectivity index (χ0) is 25.1. The maximum atomic E-state index is 13.2. The number of carboxylic acids is 1. The van der Waals surface area contributed by atoms with Crippen molar-refractivity contribution in [2.45, 2.75) is 33.1 Å². The number of carbonyl (C=O) groups excluding carboxylic acids is 2. The first-order chi connectivity index (χ1) is 16.8. The molecule has 35 heavy (non-hydrogen) atoms. The van der Waals surface area contributed by atoms with Crippen molar-refractivity contribution in [3.63, 3.8) is 0 Å². The summed E-state index contributed by atoms with van der Waals surface area (Å²) >= 11 is 0. The minimum Gasteiger partial charge on any atom is -0.481 e. The summed E-state index contributed by atoms with van der Waals surface area (Å²) in [5.41, 5.74) is 4.64. The van der Waals surface area contributed by atoms with Gasteiger partial charge in [0.05, 0.1) is 12.3 Å². The van der Waals surface area contributed by atoms with Crippen LogP contribution in [0.2, 0.25) is 0 Å². The van der Waals surface area contributed by atoms with E-state index in [-0.39, 0.29) is 49.2 Å². The van der Waals surface area contributed by atoms with Gasteiger partial charge >= 0.3 is 12.1 Å². The summed E-state index contributed by atoms with van der Waals surface area (Å²) in [6, 6.07) is 16.3. The largest absolute Gasteiger partial charge is 0.481 e. The van der Waals surface area contributed by atoms with Gasteiger partial charge < -0.3 is 20.1 Å². The first-order valence-corrected chi connectivity index (χ1v) is 12.4. The highest BCUT2D eigenvalue weighted by molar-refractivity contribution is 5.81. The van der Waals surface area contributed by atoms with Gasteiger partial charge in [-0.1, -0.05) is 69.3 Å². The van der Waals surface area contributed by atoms with Crippen LogP contribution in [0.25, 0.3) is 11.1 Å². The van der Waals surface area contributed by atoms with Crippen molar-refractivity contribution < 1.29 is 24.2 Å². The van der Waals surface area contributed by atoms with Gasteiger partial charge in [-0.05, 0) is 40.0 Å². The summed E-state index contributed by atoms with van der Waals surface area (Å²) in [6.07, 6.45) is -0.473. The summed E-state index contributed by atoms with van der Waals surface area (Å²) < 4.78 is 5.61. The summed E-state index contributed by atoms with van der Waals surface area (Å²) in [7, 11) is 0. The number of carboxylic acid groups (broad SMARTS) is 1. The molecule has 0 saturated carbocycles. The van der Waals surface area contributed by atoms with Crippen LogP contribution in [0.5, 0.6) is 0 Å². The third-order valence-corrected chi connectivity index (χ3v) is 7.45. The molecular weight excluding hydrogens is 444 g/mol. The number of aliphatic carboxylic acids is 1. The molecule has 0 bridgehead atoms. The number of rotatable bonds is 8. The van der Waals surface area contributed by atoms with Gasteiger partial charge in [-0.15, -0.1) is 0 Å². The van der Waals surface area contributed by atoms with E-state index in [4.69, 9.17) is 9.84 Å². The molecule has 1 fully saturated rings. The molecule has 1 aliphatic carbocycles. The minimum absolute atomic E-state index is 0.0187. The van der Waals surface area contributed by atoms with Gasteiger partial charge in [0.1, 0.15) is 6.61 Å². The van der Waals surface area contributed by atoms with E-state index in [0.29, 0.717) is 13.1 Å². The maximum absolute atomic E-state index is 13.2. The standard InChI is InChI=1S/C28H34N2O5/c1-17(2)24(27(33)30-14-18(3)19(15-30)12-26(31)32)13-29-28(34)35-16-25-22-10-6-4-8-20(22)21-9-5-7-11-23(21)25/h4-11,17-19,24-25H,12-16H2,1-3H3,(H,29,34)(H,31,32). The summed E-state index contributed by atoms with van der Waals surface area (Å²) in [5.74, 6) is -1.19. The molecule has 2 aromatic rings. The Bertz CT molecular complexity index is 1050. The lowest BCUT2D eigenvalue weighted by atomic mass is 9.94. The predicted octanol–water partition coefficient (Wildman–Crippen LogP) is 4.37. The van der Waals surface area contributed by atoms with Crippen LogP contribution in [-0.2, 0) is 14.3 Å². The number of carbonyl (C=O) groups is 3. The second kappa shape index (κ2) is 10.5. The minimum atomic E-state index is -0.839. The lowest BCUT2D eigenvalue weighted by molar-refractivity contribution is -0.139. The van der Waals surface area contributed by atoms with Crippen LogP contribution in [0.3, 0.4) is 0 Å². The normalized spacial score (nSPS) is 19.8. The van der Waals surface area contributed by atoms with E-state index in [9.17, 15) is 14.4 Å². The molecule has 2 aromatic carbocycles. The zero-order valence-electron chi connectivity index (χ0n) is 20.6. The highest BCUT2D eigenvalue weighted by Crippen LogP contribution is 2.44. The second-order valence-corrected chi connectivity index (χ2v) is 10.1. The Balaban J connectivity index is 1.34. The predicted molar refractivity (Wildman–Crippen MR) is 133 cm³/mol. The lowest BCUT2D eigenvalue weighted by Crippen LogP contribution is -2.43. The van der Waals surface area contributed by atoms with Crippen molar-refractivity contribution in [1.29, 1.82) is 0 Å². The molecule has 4 rings (SSSR count). The molecule has 2 aliphatic rings. The maximum Gasteiger partial charge on any atom is 0.407 e. The van der Waals surface area contributed by atoms with Crippen LogP contribution in [0.1, 0.15) is 44.2 Å². The van der Waals surface area contributed by atoms with Gasteiger partial charge in [0.15, 0.2) is 0 Å². The van der Waals surface area contributed by atoms with Crippen molar-refractivity contribution in [2.24, 2.45) is 23.7 Å². The molecule has 2 amide bonds. The monoisotopic (exact) mass is 478 g/mol. The first-order valence-electron chi connectivity index (χ1n) is 12.4. The van der Waals surface area contributed by atoms with Crippen molar-refractivity contribution in [3.8, 4) is 11.1 Å². The Morgan fingerprint density at radius 3 is 2.20 bits per heavy atom. The molecule has 2 N–H and O–H groups in total. The molecule has 0 spiro atoms. The highest BCUT2D eigenvalue weighted by atomic mass is 16.5. The molecule has 0 aromatic heterocycles. The number of benzene rings is 2. The molecule has 0 radical (unpaired) electrons. The molecule has 186 valence electrons. The number of alkyl carbamates (subject to hydrolysis) is 1. The molecule has 3 atom stereocenters. The average molecular weight is 479 g/mol. The third kappa shape index (κ3) is 5.34. The number of hydrogen-bond donors (Lipinski definition) is 2. The van der Waals surface area contributed by atoms with Crippen LogP contribution in [0.15, 0.2) is 48.5 Å². The molecule has 1 heterocycles. The highest BCUT2D eigenvalue weighted by Gasteiger charge is 2.37.